The molecule has 3 aromatic rings. The first kappa shape index (κ1) is 17.8. The molecule has 0 atom stereocenters. The molecule has 0 aliphatic rings. The molecule has 0 bridgehead atoms. The number of hydrogen-bond acceptors (Lipinski definition) is 1. The summed E-state index contributed by atoms with van der Waals surface area (Å²) >= 11 is 0. The van der Waals surface area contributed by atoms with Crippen LogP contribution in [-0.4, -0.2) is 12.1 Å². The zero-order valence-corrected chi connectivity index (χ0v) is 16.4. The molecule has 0 amide bonds. The van der Waals surface area contributed by atoms with Crippen LogP contribution in [0.5, 0.6) is 0 Å². The smallest absolute Gasteiger partial charge is 0.0111 e. The average molecular weight is 348 g/mol. The summed E-state index contributed by atoms with van der Waals surface area (Å²) in [5.74, 6) is 0. The molecule has 0 fully saturated rings. The third-order valence-electron chi connectivity index (χ3n) is 4.43. The van der Waals surface area contributed by atoms with Crippen molar-refractivity contribution < 1.29 is 0 Å². The predicted octanol–water partition coefficient (Wildman–Crippen LogP) is 4.79. The maximum Gasteiger partial charge on any atom is 0.0111 e. The lowest BCUT2D eigenvalue weighted by Crippen LogP contribution is -2.39. The van der Waals surface area contributed by atoms with E-state index >= 15 is 0 Å². The van der Waals surface area contributed by atoms with Gasteiger partial charge in [0, 0.05) is 12.1 Å². The monoisotopic (exact) mass is 348 g/mol. The van der Waals surface area contributed by atoms with Crippen LogP contribution in [0, 0.1) is 0 Å². The van der Waals surface area contributed by atoms with Gasteiger partial charge in [0.05, 0.1) is 0 Å². The summed E-state index contributed by atoms with van der Waals surface area (Å²) in [6.45, 7) is 9.13. The van der Waals surface area contributed by atoms with E-state index < -0.39 is 7.92 Å². The van der Waals surface area contributed by atoms with Crippen LogP contribution in [-0.2, 0) is 0 Å². The van der Waals surface area contributed by atoms with Gasteiger partial charge in [-0.25, -0.2) is 0 Å². The van der Waals surface area contributed by atoms with Crippen molar-refractivity contribution in [3.63, 3.8) is 0 Å². The van der Waals surface area contributed by atoms with E-state index in [2.05, 4.69) is 111 Å². The highest BCUT2D eigenvalue weighted by Crippen LogP contribution is 2.38. The topological polar surface area (TPSA) is 3.24 Å². The van der Waals surface area contributed by atoms with Gasteiger partial charge in [0.25, 0.3) is 0 Å². The first-order chi connectivity index (χ1) is 12.1. The third kappa shape index (κ3) is 3.83. The van der Waals surface area contributed by atoms with Gasteiger partial charge < -0.3 is 4.90 Å². The second-order valence-corrected chi connectivity index (χ2v) is 9.08. The molecule has 25 heavy (non-hydrogen) atoms. The van der Waals surface area contributed by atoms with E-state index in [4.69, 9.17) is 0 Å². The van der Waals surface area contributed by atoms with Gasteiger partial charge in [-0.05, 0) is 46.2 Å². The summed E-state index contributed by atoms with van der Waals surface area (Å²) in [6, 6.07) is 29.7. The van der Waals surface area contributed by atoms with Crippen LogP contribution < -0.4 is 20.8 Å². The Morgan fingerprint density at radius 3 is 1.64 bits per heavy atom. The maximum absolute atomic E-state index is 2.54. The van der Waals surface area contributed by atoms with Gasteiger partial charge in [-0.15, -0.1) is 11.0 Å². The summed E-state index contributed by atoms with van der Waals surface area (Å²) in [4.78, 5) is 2.54. The minimum Gasteiger partial charge on any atom is -0.428 e. The fourth-order valence-corrected chi connectivity index (χ4v) is 5.99. The van der Waals surface area contributed by atoms with Crippen molar-refractivity contribution in [3.8, 4) is 0 Å². The molecule has 2 heteroatoms. The van der Waals surface area contributed by atoms with E-state index in [9.17, 15) is 0 Å². The predicted molar refractivity (Wildman–Crippen MR) is 113 cm³/mol. The molecule has 3 rings (SSSR count). The van der Waals surface area contributed by atoms with Crippen molar-refractivity contribution in [2.24, 2.45) is 0 Å². The van der Waals surface area contributed by atoms with Gasteiger partial charge in [0.2, 0.25) is 0 Å². The Labute approximate surface area is 153 Å². The highest BCUT2D eigenvalue weighted by Gasteiger charge is 2.19. The van der Waals surface area contributed by atoms with Gasteiger partial charge in [0.15, 0.2) is 0 Å². The Kier molecular flexibility index (Phi) is 5.66. The van der Waals surface area contributed by atoms with E-state index in [1.54, 1.807) is 0 Å². The van der Waals surface area contributed by atoms with Crippen molar-refractivity contribution in [2.45, 2.75) is 39.8 Å². The molecule has 0 aliphatic carbocycles. The minimum absolute atomic E-state index is 0.476. The molecular formula is C23H27NP-. The summed E-state index contributed by atoms with van der Waals surface area (Å²) in [6.07, 6.45) is 0. The van der Waals surface area contributed by atoms with Crippen LogP contribution in [0.4, 0.5) is 5.69 Å². The van der Waals surface area contributed by atoms with Gasteiger partial charge in [0.1, 0.15) is 0 Å². The maximum atomic E-state index is 2.54. The normalized spacial score (nSPS) is 11.5. The minimum atomic E-state index is -0.553. The molecule has 1 nitrogen and oxygen atoms in total. The molecule has 0 unspecified atom stereocenters. The van der Waals surface area contributed by atoms with Gasteiger partial charge in [-0.1, -0.05) is 60.7 Å². The van der Waals surface area contributed by atoms with E-state index in [1.165, 1.54) is 21.6 Å². The molecule has 0 saturated carbocycles. The van der Waals surface area contributed by atoms with Gasteiger partial charge >= 0.3 is 0 Å². The molecular weight excluding hydrogens is 321 g/mol. The largest absolute Gasteiger partial charge is 0.428 e. The molecule has 3 aromatic carbocycles. The highest BCUT2D eigenvalue weighted by atomic mass is 31.1. The lowest BCUT2D eigenvalue weighted by molar-refractivity contribution is 0.610. The second-order valence-electron chi connectivity index (χ2n) is 6.90. The summed E-state index contributed by atoms with van der Waals surface area (Å²) in [5, 5.41) is 4.27. The number of nitrogens with zero attached hydrogens (tertiary/aromatic N) is 1. The molecule has 0 radical (unpaired) electrons. The fourth-order valence-electron chi connectivity index (χ4n) is 3.54. The molecule has 0 N–H and O–H groups in total. The van der Waals surface area contributed by atoms with Gasteiger partial charge in [-0.2, -0.15) is 18.2 Å². The SMILES string of the molecule is CC(C)N(c1cc[cH-]c1P(c1ccccc1)c1ccccc1)C(C)C. The Morgan fingerprint density at radius 1 is 0.720 bits per heavy atom. The zero-order valence-electron chi connectivity index (χ0n) is 15.6. The van der Waals surface area contributed by atoms with E-state index in [-0.39, 0.29) is 0 Å². The summed E-state index contributed by atoms with van der Waals surface area (Å²) in [5.41, 5.74) is 1.38. The third-order valence-corrected chi connectivity index (χ3v) is 6.92. The lowest BCUT2D eigenvalue weighted by Gasteiger charge is -2.41. The van der Waals surface area contributed by atoms with Crippen molar-refractivity contribution in [2.75, 3.05) is 4.90 Å². The van der Waals surface area contributed by atoms with E-state index in [0.29, 0.717) is 12.1 Å². The quantitative estimate of drug-likeness (QED) is 0.457. The van der Waals surface area contributed by atoms with Crippen LogP contribution in [0.2, 0.25) is 0 Å². The van der Waals surface area contributed by atoms with Crippen molar-refractivity contribution in [1.29, 1.82) is 0 Å². The Bertz CT molecular complexity index is 727. The second kappa shape index (κ2) is 7.93. The van der Waals surface area contributed by atoms with Crippen molar-refractivity contribution in [1.82, 2.24) is 0 Å². The molecule has 0 aliphatic heterocycles. The number of benzene rings is 2. The highest BCUT2D eigenvalue weighted by molar-refractivity contribution is 7.80. The van der Waals surface area contributed by atoms with E-state index in [0.717, 1.165) is 0 Å². The van der Waals surface area contributed by atoms with Crippen molar-refractivity contribution in [3.05, 3.63) is 78.9 Å². The molecule has 0 spiro atoms. The fraction of sp³-hybridized carbons (Fsp3) is 0.261. The van der Waals surface area contributed by atoms with Crippen LogP contribution >= 0.6 is 7.92 Å². The van der Waals surface area contributed by atoms with Crippen molar-refractivity contribution >= 4 is 29.5 Å². The van der Waals surface area contributed by atoms with Crippen LogP contribution in [0.25, 0.3) is 0 Å². The molecule has 0 aromatic heterocycles. The number of rotatable bonds is 6. The van der Waals surface area contributed by atoms with Crippen LogP contribution in [0.1, 0.15) is 27.7 Å². The summed E-state index contributed by atoms with van der Waals surface area (Å²) in [7, 11) is -0.553. The average Bonchev–Trinajstić information content (AvgIpc) is 3.05. The Balaban J connectivity index is 2.15. The Hall–Kier alpha value is -1.98. The molecule has 130 valence electrons. The van der Waals surface area contributed by atoms with Crippen LogP contribution in [0.3, 0.4) is 0 Å². The number of hydrogen-bond donors (Lipinski definition) is 0. The Morgan fingerprint density at radius 2 is 1.20 bits per heavy atom. The summed E-state index contributed by atoms with van der Waals surface area (Å²) < 4.78 is 0. The first-order valence-corrected chi connectivity index (χ1v) is 10.4. The molecule has 0 heterocycles. The zero-order chi connectivity index (χ0) is 17.8. The van der Waals surface area contributed by atoms with Gasteiger partial charge in [-0.3, -0.25) is 0 Å². The lowest BCUT2D eigenvalue weighted by atomic mass is 10.2. The van der Waals surface area contributed by atoms with Crippen LogP contribution in [0.15, 0.2) is 78.9 Å². The molecule has 0 saturated heterocycles. The first-order valence-electron chi connectivity index (χ1n) is 9.04. The van der Waals surface area contributed by atoms with E-state index in [1.807, 2.05) is 0 Å². The number of anilines is 1. The standard InChI is InChI=1S/C23H27NP/c1-18(2)24(19(3)4)22-16-11-17-23(22)25(20-12-7-5-8-13-20)21-14-9-6-10-15-21/h5-19H,1-4H3/q-1.